The van der Waals surface area contributed by atoms with Crippen LogP contribution in [-0.4, -0.2) is 53.4 Å². The molecule has 0 saturated carbocycles. The van der Waals surface area contributed by atoms with Crippen LogP contribution in [-0.2, 0) is 0 Å². The molecule has 0 unspecified atom stereocenters. The largest absolute Gasteiger partial charge is 0.478 e. The number of hydrogen-bond acceptors (Lipinski definition) is 6. The molecule has 10 heteroatoms. The Morgan fingerprint density at radius 2 is 1.73 bits per heavy atom. The zero-order valence-corrected chi connectivity index (χ0v) is 18.3. The van der Waals surface area contributed by atoms with Crippen LogP contribution in [0.15, 0.2) is 54.6 Å². The Morgan fingerprint density at radius 1 is 0.970 bits per heavy atom. The highest BCUT2D eigenvalue weighted by Gasteiger charge is 2.21. The van der Waals surface area contributed by atoms with E-state index in [2.05, 4.69) is 25.3 Å². The number of hydrogen-bond donors (Lipinski definition) is 2. The van der Waals surface area contributed by atoms with Crippen LogP contribution in [0.4, 0.5) is 21.6 Å². The fourth-order valence-electron chi connectivity index (χ4n) is 3.75. The third-order valence-corrected chi connectivity index (χ3v) is 5.59. The second kappa shape index (κ2) is 9.83. The summed E-state index contributed by atoms with van der Waals surface area (Å²) in [5.74, 6) is -1.70. The Hall–Kier alpha value is -3.72. The van der Waals surface area contributed by atoms with Crippen molar-refractivity contribution >= 4 is 40.7 Å². The lowest BCUT2D eigenvalue weighted by atomic mass is 10.1. The van der Waals surface area contributed by atoms with Gasteiger partial charge in [-0.2, -0.15) is 0 Å². The molecule has 2 N–H and O–H groups in total. The van der Waals surface area contributed by atoms with Crippen LogP contribution in [0, 0.1) is 5.82 Å². The monoisotopic (exact) mass is 469 g/mol. The van der Waals surface area contributed by atoms with Crippen LogP contribution in [0.3, 0.4) is 0 Å². The Bertz CT molecular complexity index is 1180. The summed E-state index contributed by atoms with van der Waals surface area (Å²) < 4.78 is 14.1. The minimum atomic E-state index is -1.12. The Morgan fingerprint density at radius 3 is 2.45 bits per heavy atom. The summed E-state index contributed by atoms with van der Waals surface area (Å²) in [6, 6.07) is 13.7. The topological polar surface area (TPSA) is 98.7 Å². The minimum Gasteiger partial charge on any atom is -0.478 e. The molecule has 4 rings (SSSR count). The van der Waals surface area contributed by atoms with Gasteiger partial charge in [-0.25, -0.2) is 9.18 Å². The lowest BCUT2D eigenvalue weighted by molar-refractivity contribution is 0.0696. The molecule has 1 fully saturated rings. The first-order valence-corrected chi connectivity index (χ1v) is 10.7. The van der Waals surface area contributed by atoms with Crippen LogP contribution in [0.25, 0.3) is 0 Å². The van der Waals surface area contributed by atoms with Crippen molar-refractivity contribution in [2.45, 2.75) is 6.42 Å². The maximum absolute atomic E-state index is 14.1. The highest BCUT2D eigenvalue weighted by atomic mass is 35.5. The third-order valence-electron chi connectivity index (χ3n) is 5.39. The SMILES string of the molecule is O=C(O)c1ccc(N2CCCN(c3ccc(Cl)nn3)CC2)c(NC(=O)c2ccccc2F)c1. The fourth-order valence-corrected chi connectivity index (χ4v) is 3.85. The first-order valence-electron chi connectivity index (χ1n) is 10.3. The van der Waals surface area contributed by atoms with Gasteiger partial charge in [0.2, 0.25) is 0 Å². The number of nitrogens with zero attached hydrogens (tertiary/aromatic N) is 4. The van der Waals surface area contributed by atoms with Crippen molar-refractivity contribution in [2.24, 2.45) is 0 Å². The predicted molar refractivity (Wildman–Crippen MR) is 124 cm³/mol. The highest BCUT2D eigenvalue weighted by molar-refractivity contribution is 6.29. The molecule has 8 nitrogen and oxygen atoms in total. The van der Waals surface area contributed by atoms with Crippen molar-refractivity contribution in [3.63, 3.8) is 0 Å². The van der Waals surface area contributed by atoms with E-state index >= 15 is 0 Å². The van der Waals surface area contributed by atoms with Gasteiger partial charge in [0, 0.05) is 26.2 Å². The molecular formula is C23H21ClFN5O3. The maximum Gasteiger partial charge on any atom is 0.335 e. The zero-order valence-electron chi connectivity index (χ0n) is 17.5. The van der Waals surface area contributed by atoms with E-state index in [1.807, 2.05) is 6.07 Å². The summed E-state index contributed by atoms with van der Waals surface area (Å²) in [7, 11) is 0. The average Bonchev–Trinajstić information content (AvgIpc) is 3.06. The molecule has 1 amide bonds. The second-order valence-electron chi connectivity index (χ2n) is 7.51. The van der Waals surface area contributed by atoms with Gasteiger partial charge in [-0.1, -0.05) is 23.7 Å². The van der Waals surface area contributed by atoms with Gasteiger partial charge in [-0.15, -0.1) is 10.2 Å². The van der Waals surface area contributed by atoms with E-state index in [4.69, 9.17) is 11.6 Å². The van der Waals surface area contributed by atoms with E-state index in [0.29, 0.717) is 36.2 Å². The number of amides is 1. The minimum absolute atomic E-state index is 0.0236. The lowest BCUT2D eigenvalue weighted by Crippen LogP contribution is -2.32. The molecule has 2 aromatic carbocycles. The lowest BCUT2D eigenvalue weighted by Gasteiger charge is -2.26. The number of carboxylic acid groups (broad SMARTS) is 1. The van der Waals surface area contributed by atoms with Crippen molar-refractivity contribution in [1.29, 1.82) is 0 Å². The summed E-state index contributed by atoms with van der Waals surface area (Å²) >= 11 is 5.83. The van der Waals surface area contributed by atoms with Gasteiger partial charge in [-0.3, -0.25) is 4.79 Å². The standard InChI is InChI=1S/C23H21ClFN5O3/c24-20-8-9-21(28-27-20)30-11-3-10-29(12-13-30)19-7-6-15(23(32)33)14-18(19)26-22(31)16-4-1-2-5-17(16)25/h1-2,4-9,14H,3,10-13H2,(H,26,31)(H,32,33). The molecule has 0 aliphatic carbocycles. The summed E-state index contributed by atoms with van der Waals surface area (Å²) in [5, 5.41) is 20.5. The molecule has 1 aliphatic rings. The molecule has 3 aromatic rings. The Kier molecular flexibility index (Phi) is 6.69. The summed E-state index contributed by atoms with van der Waals surface area (Å²) in [6.45, 7) is 2.65. The number of carboxylic acids is 1. The van der Waals surface area contributed by atoms with Crippen molar-refractivity contribution in [2.75, 3.05) is 41.3 Å². The van der Waals surface area contributed by atoms with Crippen molar-refractivity contribution in [3.8, 4) is 0 Å². The molecule has 1 saturated heterocycles. The number of benzene rings is 2. The average molecular weight is 470 g/mol. The quantitative estimate of drug-likeness (QED) is 0.584. The molecule has 0 radical (unpaired) electrons. The zero-order chi connectivity index (χ0) is 23.4. The molecule has 1 aromatic heterocycles. The van der Waals surface area contributed by atoms with Gasteiger partial charge in [0.05, 0.1) is 22.5 Å². The Balaban J connectivity index is 1.59. The van der Waals surface area contributed by atoms with E-state index in [1.165, 1.54) is 30.3 Å². The van der Waals surface area contributed by atoms with Crippen LogP contribution in [0.2, 0.25) is 5.15 Å². The summed E-state index contributed by atoms with van der Waals surface area (Å²) in [4.78, 5) is 28.4. The summed E-state index contributed by atoms with van der Waals surface area (Å²) in [6.07, 6.45) is 0.797. The van der Waals surface area contributed by atoms with Gasteiger partial charge in [0.1, 0.15) is 5.82 Å². The molecule has 1 aliphatic heterocycles. The molecule has 2 heterocycles. The molecule has 33 heavy (non-hydrogen) atoms. The number of rotatable bonds is 5. The molecule has 170 valence electrons. The maximum atomic E-state index is 14.1. The molecule has 0 atom stereocenters. The molecular weight excluding hydrogens is 449 g/mol. The number of carbonyl (C=O) groups excluding carboxylic acids is 1. The van der Waals surface area contributed by atoms with Gasteiger partial charge in [0.15, 0.2) is 11.0 Å². The number of halogens is 2. The van der Waals surface area contributed by atoms with E-state index in [9.17, 15) is 19.1 Å². The number of aromatic nitrogens is 2. The summed E-state index contributed by atoms with van der Waals surface area (Å²) in [5.41, 5.74) is 0.875. The highest BCUT2D eigenvalue weighted by Crippen LogP contribution is 2.30. The van der Waals surface area contributed by atoms with Crippen LogP contribution < -0.4 is 15.1 Å². The van der Waals surface area contributed by atoms with E-state index in [-0.39, 0.29) is 11.1 Å². The van der Waals surface area contributed by atoms with Gasteiger partial charge in [-0.05, 0) is 48.9 Å². The number of carbonyl (C=O) groups is 2. The number of aromatic carboxylic acids is 1. The smallest absolute Gasteiger partial charge is 0.335 e. The number of anilines is 3. The van der Waals surface area contributed by atoms with Crippen LogP contribution in [0.5, 0.6) is 0 Å². The van der Waals surface area contributed by atoms with Crippen molar-refractivity contribution < 1.29 is 19.1 Å². The second-order valence-corrected chi connectivity index (χ2v) is 7.90. The van der Waals surface area contributed by atoms with Crippen molar-refractivity contribution in [1.82, 2.24) is 10.2 Å². The normalized spacial score (nSPS) is 14.0. The van der Waals surface area contributed by atoms with E-state index < -0.39 is 17.7 Å². The van der Waals surface area contributed by atoms with E-state index in [1.54, 1.807) is 18.2 Å². The third kappa shape index (κ3) is 5.20. The first-order chi connectivity index (χ1) is 15.9. The van der Waals surface area contributed by atoms with Crippen LogP contribution >= 0.6 is 11.6 Å². The first kappa shape index (κ1) is 22.5. The van der Waals surface area contributed by atoms with Gasteiger partial charge in [0.25, 0.3) is 5.91 Å². The van der Waals surface area contributed by atoms with Crippen LogP contribution in [0.1, 0.15) is 27.1 Å². The molecule has 0 bridgehead atoms. The van der Waals surface area contributed by atoms with E-state index in [0.717, 1.165) is 18.8 Å². The number of nitrogens with one attached hydrogen (secondary N) is 1. The van der Waals surface area contributed by atoms with Gasteiger partial charge < -0.3 is 20.2 Å². The molecule has 0 spiro atoms. The van der Waals surface area contributed by atoms with Crippen molar-refractivity contribution in [3.05, 3.63) is 76.7 Å². The Labute approximate surface area is 194 Å². The predicted octanol–water partition coefficient (Wildman–Crippen LogP) is 3.94. The fraction of sp³-hybridized carbons (Fsp3) is 0.217. The van der Waals surface area contributed by atoms with Gasteiger partial charge >= 0.3 is 5.97 Å².